The number of carboxylic acid groups (broad SMARTS) is 1. The molecule has 0 spiro atoms. The standard InChI is InChI=1S/C25H24F3N3O7S2/c26-25(27,28)20-12-18(29-38-20)19-4-5-22(39-19)40(36,37)30-24(23(34)35)13-17(24)15-3-1-2-14(10-15)11-21(33)31-8-6-16(32)7-9-31/h1-5,10,12,16-17,30,32H,6-9,11,13H2,(H,34,35). The van der Waals surface area contributed by atoms with Gasteiger partial charge in [0.2, 0.25) is 11.7 Å². The van der Waals surface area contributed by atoms with Gasteiger partial charge in [-0.2, -0.15) is 17.9 Å². The van der Waals surface area contributed by atoms with Gasteiger partial charge in [-0.15, -0.1) is 11.3 Å². The van der Waals surface area contributed by atoms with Crippen molar-refractivity contribution in [1.29, 1.82) is 0 Å². The van der Waals surface area contributed by atoms with Gasteiger partial charge < -0.3 is 19.6 Å². The fourth-order valence-corrected chi connectivity index (χ4v) is 7.46. The van der Waals surface area contributed by atoms with E-state index in [0.717, 1.165) is 6.07 Å². The van der Waals surface area contributed by atoms with E-state index in [1.807, 2.05) is 0 Å². The molecular formula is C25H24F3N3O7S2. The van der Waals surface area contributed by atoms with Gasteiger partial charge in [-0.1, -0.05) is 29.4 Å². The van der Waals surface area contributed by atoms with E-state index in [4.69, 9.17) is 0 Å². The minimum atomic E-state index is -4.75. The number of aliphatic hydroxyl groups excluding tert-OH is 1. The van der Waals surface area contributed by atoms with Crippen LogP contribution in [-0.4, -0.2) is 65.3 Å². The lowest BCUT2D eigenvalue weighted by molar-refractivity contribution is -0.155. The molecule has 214 valence electrons. The average molecular weight is 600 g/mol. The van der Waals surface area contributed by atoms with Crippen LogP contribution in [0.3, 0.4) is 0 Å². The minimum absolute atomic E-state index is 0.0283. The molecule has 2 fully saturated rings. The largest absolute Gasteiger partial charge is 0.480 e. The quantitative estimate of drug-likeness (QED) is 0.357. The number of nitrogens with one attached hydrogen (secondary N) is 1. The number of piperidine rings is 1. The third-order valence-electron chi connectivity index (χ3n) is 7.07. The lowest BCUT2D eigenvalue weighted by Gasteiger charge is -2.29. The molecule has 3 N–H and O–H groups in total. The van der Waals surface area contributed by atoms with E-state index in [0.29, 0.717) is 54.5 Å². The molecule has 3 heterocycles. The molecule has 1 aliphatic carbocycles. The molecule has 1 saturated carbocycles. The Morgan fingerprint density at radius 3 is 2.55 bits per heavy atom. The summed E-state index contributed by atoms with van der Waals surface area (Å²) in [5.41, 5.74) is -0.829. The lowest BCUT2D eigenvalue weighted by atomic mass is 10.0. The number of benzene rings is 1. The van der Waals surface area contributed by atoms with Crippen molar-refractivity contribution in [3.63, 3.8) is 0 Å². The zero-order valence-corrected chi connectivity index (χ0v) is 22.4. The van der Waals surface area contributed by atoms with E-state index in [-0.39, 0.29) is 33.5 Å². The van der Waals surface area contributed by atoms with Crippen molar-refractivity contribution < 1.29 is 45.9 Å². The van der Waals surface area contributed by atoms with Gasteiger partial charge in [0.05, 0.1) is 17.4 Å². The summed E-state index contributed by atoms with van der Waals surface area (Å²) in [6.45, 7) is 0.910. The van der Waals surface area contributed by atoms with E-state index in [2.05, 4.69) is 14.4 Å². The summed E-state index contributed by atoms with van der Waals surface area (Å²) >= 11 is 0.626. The van der Waals surface area contributed by atoms with Gasteiger partial charge in [-0.05, 0) is 42.5 Å². The Morgan fingerprint density at radius 1 is 1.18 bits per heavy atom. The monoisotopic (exact) mass is 599 g/mol. The molecule has 10 nitrogen and oxygen atoms in total. The molecule has 2 aliphatic rings. The number of alkyl halides is 3. The lowest BCUT2D eigenvalue weighted by Crippen LogP contribution is -2.44. The van der Waals surface area contributed by atoms with Gasteiger partial charge >= 0.3 is 12.1 Å². The van der Waals surface area contributed by atoms with E-state index in [1.54, 1.807) is 29.2 Å². The maximum Gasteiger partial charge on any atom is 0.452 e. The van der Waals surface area contributed by atoms with Crippen molar-refractivity contribution >= 4 is 33.2 Å². The van der Waals surface area contributed by atoms with Crippen LogP contribution in [0.25, 0.3) is 10.6 Å². The van der Waals surface area contributed by atoms with Gasteiger partial charge in [0, 0.05) is 25.1 Å². The fourth-order valence-electron chi connectivity index (χ4n) is 4.80. The van der Waals surface area contributed by atoms with Crippen LogP contribution in [0.1, 0.15) is 42.1 Å². The van der Waals surface area contributed by atoms with Crippen molar-refractivity contribution in [2.45, 2.75) is 53.6 Å². The number of rotatable bonds is 8. The van der Waals surface area contributed by atoms with Crippen LogP contribution in [0.4, 0.5) is 13.2 Å². The first kappa shape index (κ1) is 28.3. The molecule has 1 aliphatic heterocycles. The highest BCUT2D eigenvalue weighted by atomic mass is 32.2. The number of aromatic nitrogens is 1. The van der Waals surface area contributed by atoms with E-state index in [1.165, 1.54) is 6.07 Å². The summed E-state index contributed by atoms with van der Waals surface area (Å²) in [5, 5.41) is 23.0. The second kappa shape index (κ2) is 10.3. The Labute approximate surface area is 230 Å². The van der Waals surface area contributed by atoms with Crippen LogP contribution in [0.15, 0.2) is 51.2 Å². The number of likely N-dealkylation sites (tertiary alicyclic amines) is 1. The predicted molar refractivity (Wildman–Crippen MR) is 135 cm³/mol. The minimum Gasteiger partial charge on any atom is -0.480 e. The number of sulfonamides is 1. The molecule has 40 heavy (non-hydrogen) atoms. The zero-order chi connectivity index (χ0) is 28.9. The molecule has 0 bridgehead atoms. The first-order valence-electron chi connectivity index (χ1n) is 12.2. The van der Waals surface area contributed by atoms with Gasteiger partial charge in [0.15, 0.2) is 0 Å². The molecule has 5 rings (SSSR count). The first-order valence-corrected chi connectivity index (χ1v) is 14.5. The molecule has 0 radical (unpaired) electrons. The maximum absolute atomic E-state index is 13.1. The number of nitrogens with zero attached hydrogens (tertiary/aromatic N) is 2. The summed E-state index contributed by atoms with van der Waals surface area (Å²) < 4.78 is 71.0. The van der Waals surface area contributed by atoms with Crippen molar-refractivity contribution in [3.05, 3.63) is 59.4 Å². The SMILES string of the molecule is O=C(Cc1cccc(C2CC2(NS(=O)(=O)c2ccc(-c3cc(C(F)(F)F)on3)s2)C(=O)O)c1)N1CCC(O)CC1. The average Bonchev–Trinajstić information content (AvgIpc) is 3.24. The second-order valence-electron chi connectivity index (χ2n) is 9.87. The highest BCUT2D eigenvalue weighted by Gasteiger charge is 2.63. The number of halogens is 3. The molecule has 1 saturated heterocycles. The van der Waals surface area contributed by atoms with Crippen molar-refractivity contribution in [2.75, 3.05) is 13.1 Å². The number of hydrogen-bond donors (Lipinski definition) is 3. The Morgan fingerprint density at radius 2 is 1.90 bits per heavy atom. The van der Waals surface area contributed by atoms with Crippen molar-refractivity contribution in [1.82, 2.24) is 14.8 Å². The number of hydrogen-bond acceptors (Lipinski definition) is 8. The highest BCUT2D eigenvalue weighted by molar-refractivity contribution is 7.91. The van der Waals surface area contributed by atoms with Crippen LogP contribution in [0, 0.1) is 0 Å². The number of aliphatic hydroxyl groups is 1. The molecule has 1 amide bonds. The first-order chi connectivity index (χ1) is 18.8. The zero-order valence-electron chi connectivity index (χ0n) is 20.7. The molecule has 1 aromatic carbocycles. The molecule has 3 aromatic rings. The van der Waals surface area contributed by atoms with Crippen LogP contribution >= 0.6 is 11.3 Å². The smallest absolute Gasteiger partial charge is 0.452 e. The summed E-state index contributed by atoms with van der Waals surface area (Å²) in [4.78, 5) is 26.7. The van der Waals surface area contributed by atoms with E-state index < -0.39 is 45.5 Å². The molecular weight excluding hydrogens is 575 g/mol. The van der Waals surface area contributed by atoms with Gasteiger partial charge in [0.25, 0.3) is 10.0 Å². The fraction of sp³-hybridized carbons (Fsp3) is 0.400. The number of amides is 1. The number of thiophene rings is 1. The number of carbonyl (C=O) groups excluding carboxylic acids is 1. The van der Waals surface area contributed by atoms with Gasteiger partial charge in [-0.3, -0.25) is 9.59 Å². The van der Waals surface area contributed by atoms with E-state index >= 15 is 0 Å². The second-order valence-corrected chi connectivity index (χ2v) is 12.9. The van der Waals surface area contributed by atoms with Crippen LogP contribution in [0.5, 0.6) is 0 Å². The molecule has 15 heteroatoms. The summed E-state index contributed by atoms with van der Waals surface area (Å²) in [6, 6.07) is 9.83. The molecule has 2 aromatic heterocycles. The highest BCUT2D eigenvalue weighted by Crippen LogP contribution is 2.53. The molecule has 2 unspecified atom stereocenters. The number of aliphatic carboxylic acids is 1. The Kier molecular flexibility index (Phi) is 7.27. The van der Waals surface area contributed by atoms with Crippen molar-refractivity contribution in [3.8, 4) is 10.6 Å². The Balaban J connectivity index is 1.30. The third-order valence-corrected chi connectivity index (χ3v) is 10.2. The predicted octanol–water partition coefficient (Wildman–Crippen LogP) is 3.24. The maximum atomic E-state index is 13.1. The van der Waals surface area contributed by atoms with Crippen LogP contribution in [-0.2, 0) is 32.2 Å². The normalized spacial score (nSPS) is 21.9. The summed E-state index contributed by atoms with van der Waals surface area (Å²) in [5.74, 6) is -3.53. The third kappa shape index (κ3) is 5.64. The number of carboxylic acids is 1. The molecule has 2 atom stereocenters. The van der Waals surface area contributed by atoms with Gasteiger partial charge in [0.1, 0.15) is 15.4 Å². The van der Waals surface area contributed by atoms with Crippen molar-refractivity contribution in [2.24, 2.45) is 0 Å². The van der Waals surface area contributed by atoms with Gasteiger partial charge in [-0.25, -0.2) is 8.42 Å². The van der Waals surface area contributed by atoms with Crippen LogP contribution in [0.2, 0.25) is 0 Å². The van der Waals surface area contributed by atoms with Crippen LogP contribution < -0.4 is 4.72 Å². The number of carbonyl (C=O) groups is 2. The topological polar surface area (TPSA) is 150 Å². The Hall–Kier alpha value is -3.27. The summed E-state index contributed by atoms with van der Waals surface area (Å²) in [7, 11) is -4.37. The van der Waals surface area contributed by atoms with E-state index in [9.17, 15) is 41.4 Å². The Bertz CT molecular complexity index is 1540. The summed E-state index contributed by atoms with van der Waals surface area (Å²) in [6.07, 6.45) is -4.10.